The van der Waals surface area contributed by atoms with E-state index in [9.17, 15) is 0 Å². The Labute approximate surface area is 117 Å². The molecular formula is C14H17N3OS. The molecule has 0 atom stereocenters. The molecule has 0 aliphatic carbocycles. The van der Waals surface area contributed by atoms with Crippen LogP contribution in [0.5, 0.6) is 0 Å². The summed E-state index contributed by atoms with van der Waals surface area (Å²) >= 11 is 1.42. The minimum Gasteiger partial charge on any atom is -0.381 e. The summed E-state index contributed by atoms with van der Waals surface area (Å²) in [4.78, 5) is 4.64. The highest BCUT2D eigenvalue weighted by molar-refractivity contribution is 7.09. The lowest BCUT2D eigenvalue weighted by molar-refractivity contribution is 0.0608. The highest BCUT2D eigenvalue weighted by atomic mass is 32.1. The molecule has 0 amide bonds. The van der Waals surface area contributed by atoms with E-state index in [1.807, 2.05) is 13.1 Å². The maximum absolute atomic E-state index is 5.53. The molecule has 0 bridgehead atoms. The first kappa shape index (κ1) is 12.6. The van der Waals surface area contributed by atoms with Crippen molar-refractivity contribution in [3.05, 3.63) is 41.7 Å². The standard InChI is InChI=1S/C14H17N3OS/c1-15-13-16-12(17-19-13)14(7-9-18-10-8-14)11-5-3-2-4-6-11/h2-6H,7-10H2,1H3,(H,15,16,17). The van der Waals surface area contributed by atoms with Gasteiger partial charge in [0, 0.05) is 31.8 Å². The average molecular weight is 275 g/mol. The number of ether oxygens (including phenoxy) is 1. The first-order chi connectivity index (χ1) is 9.35. The summed E-state index contributed by atoms with van der Waals surface area (Å²) in [5, 5.41) is 3.94. The van der Waals surface area contributed by atoms with E-state index in [4.69, 9.17) is 4.74 Å². The maximum atomic E-state index is 5.53. The molecule has 1 saturated heterocycles. The predicted octanol–water partition coefficient (Wildman–Crippen LogP) is 2.68. The Morgan fingerprint density at radius 3 is 2.58 bits per heavy atom. The Balaban J connectivity index is 2.06. The van der Waals surface area contributed by atoms with E-state index in [2.05, 4.69) is 38.9 Å². The summed E-state index contributed by atoms with van der Waals surface area (Å²) in [5.74, 6) is 0.927. The minimum atomic E-state index is -0.0922. The zero-order valence-corrected chi connectivity index (χ0v) is 11.7. The van der Waals surface area contributed by atoms with Gasteiger partial charge < -0.3 is 10.1 Å². The Morgan fingerprint density at radius 2 is 1.95 bits per heavy atom. The van der Waals surface area contributed by atoms with Crippen molar-refractivity contribution in [1.29, 1.82) is 0 Å². The molecule has 5 heteroatoms. The molecule has 3 rings (SSSR count). The molecule has 2 heterocycles. The molecule has 0 unspecified atom stereocenters. The van der Waals surface area contributed by atoms with Crippen LogP contribution in [0.4, 0.5) is 5.13 Å². The number of hydrogen-bond acceptors (Lipinski definition) is 5. The molecule has 1 aliphatic heterocycles. The third-order valence-corrected chi connectivity index (χ3v) is 4.47. The van der Waals surface area contributed by atoms with Crippen LogP contribution < -0.4 is 5.32 Å². The fourth-order valence-corrected chi connectivity index (χ4v) is 3.24. The summed E-state index contributed by atoms with van der Waals surface area (Å²) in [7, 11) is 1.88. The van der Waals surface area contributed by atoms with Crippen LogP contribution in [0.25, 0.3) is 0 Å². The van der Waals surface area contributed by atoms with E-state index >= 15 is 0 Å². The topological polar surface area (TPSA) is 47.0 Å². The van der Waals surface area contributed by atoms with Gasteiger partial charge in [0.05, 0.1) is 5.41 Å². The van der Waals surface area contributed by atoms with E-state index < -0.39 is 0 Å². The normalized spacial score (nSPS) is 18.2. The van der Waals surface area contributed by atoms with Gasteiger partial charge in [-0.2, -0.15) is 4.37 Å². The van der Waals surface area contributed by atoms with Crippen LogP contribution >= 0.6 is 11.5 Å². The second kappa shape index (κ2) is 5.27. The predicted molar refractivity (Wildman–Crippen MR) is 76.7 cm³/mol. The second-order valence-electron chi connectivity index (χ2n) is 4.73. The Bertz CT molecular complexity index is 535. The van der Waals surface area contributed by atoms with Gasteiger partial charge in [-0.25, -0.2) is 4.98 Å². The quantitative estimate of drug-likeness (QED) is 0.935. The largest absolute Gasteiger partial charge is 0.381 e. The number of anilines is 1. The molecule has 1 aliphatic rings. The average Bonchev–Trinajstić information content (AvgIpc) is 2.98. The van der Waals surface area contributed by atoms with Crippen LogP contribution in [0, 0.1) is 0 Å². The Hall–Kier alpha value is -1.46. The van der Waals surface area contributed by atoms with Gasteiger partial charge in [-0.1, -0.05) is 30.3 Å². The number of nitrogens with zero attached hydrogens (tertiary/aromatic N) is 2. The molecule has 4 nitrogen and oxygen atoms in total. The zero-order valence-electron chi connectivity index (χ0n) is 10.9. The van der Waals surface area contributed by atoms with Crippen molar-refractivity contribution < 1.29 is 4.74 Å². The number of rotatable bonds is 3. The van der Waals surface area contributed by atoms with E-state index in [1.54, 1.807) is 0 Å². The first-order valence-electron chi connectivity index (χ1n) is 6.50. The summed E-state index contributed by atoms with van der Waals surface area (Å²) in [6.07, 6.45) is 1.88. The van der Waals surface area contributed by atoms with E-state index in [0.29, 0.717) is 0 Å². The molecule has 0 saturated carbocycles. The van der Waals surface area contributed by atoms with Gasteiger partial charge in [0.25, 0.3) is 0 Å². The van der Waals surface area contributed by atoms with Crippen molar-refractivity contribution in [2.75, 3.05) is 25.6 Å². The molecule has 1 N–H and O–H groups in total. The van der Waals surface area contributed by atoms with Gasteiger partial charge in [0.15, 0.2) is 5.82 Å². The van der Waals surface area contributed by atoms with Crippen LogP contribution in [-0.4, -0.2) is 29.6 Å². The molecule has 2 aromatic rings. The monoisotopic (exact) mass is 275 g/mol. The van der Waals surface area contributed by atoms with Crippen LogP contribution in [0.1, 0.15) is 24.2 Å². The van der Waals surface area contributed by atoms with Crippen molar-refractivity contribution in [2.24, 2.45) is 0 Å². The SMILES string of the molecule is CNc1nc(C2(c3ccccc3)CCOCC2)ns1. The van der Waals surface area contributed by atoms with Gasteiger partial charge in [-0.3, -0.25) is 0 Å². The smallest absolute Gasteiger partial charge is 0.202 e. The van der Waals surface area contributed by atoms with Crippen LogP contribution in [0.15, 0.2) is 30.3 Å². The highest BCUT2D eigenvalue weighted by Gasteiger charge is 2.39. The van der Waals surface area contributed by atoms with Crippen LogP contribution in [0.3, 0.4) is 0 Å². The number of hydrogen-bond donors (Lipinski definition) is 1. The van der Waals surface area contributed by atoms with Crippen molar-refractivity contribution in [2.45, 2.75) is 18.3 Å². The molecular weight excluding hydrogens is 258 g/mol. The highest BCUT2D eigenvalue weighted by Crippen LogP contribution is 2.40. The van der Waals surface area contributed by atoms with Crippen LogP contribution in [0.2, 0.25) is 0 Å². The fraction of sp³-hybridized carbons (Fsp3) is 0.429. The summed E-state index contributed by atoms with van der Waals surface area (Å²) in [6, 6.07) is 10.6. The third-order valence-electron chi connectivity index (χ3n) is 3.74. The number of aromatic nitrogens is 2. The fourth-order valence-electron chi connectivity index (χ4n) is 2.64. The molecule has 100 valence electrons. The molecule has 19 heavy (non-hydrogen) atoms. The third kappa shape index (κ3) is 2.24. The molecule has 0 radical (unpaired) electrons. The minimum absolute atomic E-state index is 0.0922. The lowest BCUT2D eigenvalue weighted by atomic mass is 9.73. The van der Waals surface area contributed by atoms with E-state index in [0.717, 1.165) is 37.0 Å². The maximum Gasteiger partial charge on any atom is 0.202 e. The second-order valence-corrected chi connectivity index (χ2v) is 5.49. The van der Waals surface area contributed by atoms with Crippen molar-refractivity contribution in [1.82, 2.24) is 9.36 Å². The number of benzene rings is 1. The molecule has 0 spiro atoms. The van der Waals surface area contributed by atoms with Crippen molar-refractivity contribution >= 4 is 16.7 Å². The number of nitrogens with one attached hydrogen (secondary N) is 1. The van der Waals surface area contributed by atoms with Crippen molar-refractivity contribution in [3.63, 3.8) is 0 Å². The van der Waals surface area contributed by atoms with Crippen molar-refractivity contribution in [3.8, 4) is 0 Å². The molecule has 1 fully saturated rings. The summed E-state index contributed by atoms with van der Waals surface area (Å²) in [6.45, 7) is 1.53. The van der Waals surface area contributed by atoms with Crippen LogP contribution in [-0.2, 0) is 10.2 Å². The lowest BCUT2D eigenvalue weighted by Gasteiger charge is -2.35. The van der Waals surface area contributed by atoms with Gasteiger partial charge in [-0.05, 0) is 18.4 Å². The molecule has 1 aromatic carbocycles. The first-order valence-corrected chi connectivity index (χ1v) is 7.28. The van der Waals surface area contributed by atoms with Gasteiger partial charge in [0.2, 0.25) is 5.13 Å². The Morgan fingerprint density at radius 1 is 1.21 bits per heavy atom. The Kier molecular flexibility index (Phi) is 3.48. The summed E-state index contributed by atoms with van der Waals surface area (Å²) < 4.78 is 10.1. The van der Waals surface area contributed by atoms with Gasteiger partial charge >= 0.3 is 0 Å². The molecule has 1 aromatic heterocycles. The lowest BCUT2D eigenvalue weighted by Crippen LogP contribution is -2.36. The summed E-state index contributed by atoms with van der Waals surface area (Å²) in [5.41, 5.74) is 1.20. The van der Waals surface area contributed by atoms with Gasteiger partial charge in [-0.15, -0.1) is 0 Å². The zero-order chi connectivity index (χ0) is 13.1. The van der Waals surface area contributed by atoms with E-state index in [-0.39, 0.29) is 5.41 Å². The van der Waals surface area contributed by atoms with Gasteiger partial charge in [0.1, 0.15) is 0 Å². The van der Waals surface area contributed by atoms with E-state index in [1.165, 1.54) is 17.1 Å².